The van der Waals surface area contributed by atoms with Crippen LogP contribution in [-0.2, 0) is 9.59 Å². The monoisotopic (exact) mass is 271 g/mol. The first-order valence-corrected chi connectivity index (χ1v) is 5.90. The van der Waals surface area contributed by atoms with E-state index in [-0.39, 0.29) is 25.0 Å². The lowest BCUT2D eigenvalue weighted by atomic mass is 10.4. The van der Waals surface area contributed by atoms with Crippen LogP contribution in [0.1, 0.15) is 13.8 Å². The van der Waals surface area contributed by atoms with Crippen LogP contribution in [-0.4, -0.2) is 65.5 Å². The van der Waals surface area contributed by atoms with Crippen LogP contribution in [0.15, 0.2) is 12.7 Å². The molecule has 0 saturated heterocycles. The fourth-order valence-electron chi connectivity index (χ4n) is 1.42. The van der Waals surface area contributed by atoms with E-state index in [1.54, 1.807) is 0 Å². The first kappa shape index (κ1) is 16.9. The number of carboxylic acid groups (broad SMARTS) is 1. The maximum Gasteiger partial charge on any atom is 0.323 e. The summed E-state index contributed by atoms with van der Waals surface area (Å²) in [5.41, 5.74) is 0. The van der Waals surface area contributed by atoms with E-state index < -0.39 is 18.5 Å². The number of carbonyl (C=O) groups is 3. The van der Waals surface area contributed by atoms with Gasteiger partial charge in [-0.05, 0) is 13.8 Å². The van der Waals surface area contributed by atoms with Crippen molar-refractivity contribution in [3.63, 3.8) is 0 Å². The molecule has 0 aliphatic heterocycles. The molecule has 0 aliphatic carbocycles. The minimum atomic E-state index is -1.12. The number of carboxylic acids is 1. The number of nitrogens with one attached hydrogen (secondary N) is 1. The molecule has 0 aromatic rings. The van der Waals surface area contributed by atoms with E-state index in [0.717, 1.165) is 4.90 Å². The van der Waals surface area contributed by atoms with Gasteiger partial charge in [0.05, 0.1) is 0 Å². The predicted molar refractivity (Wildman–Crippen MR) is 70.7 cm³/mol. The van der Waals surface area contributed by atoms with Gasteiger partial charge in [0.2, 0.25) is 5.91 Å². The van der Waals surface area contributed by atoms with Crippen LogP contribution < -0.4 is 5.32 Å². The minimum Gasteiger partial charge on any atom is -0.480 e. The van der Waals surface area contributed by atoms with Crippen LogP contribution >= 0.6 is 0 Å². The Hall–Kier alpha value is -2.05. The van der Waals surface area contributed by atoms with Crippen LogP contribution in [0.2, 0.25) is 0 Å². The van der Waals surface area contributed by atoms with Gasteiger partial charge in [-0.25, -0.2) is 4.79 Å². The molecule has 0 rings (SSSR count). The molecule has 0 fully saturated rings. The van der Waals surface area contributed by atoms with Gasteiger partial charge in [0, 0.05) is 19.6 Å². The van der Waals surface area contributed by atoms with Crippen molar-refractivity contribution in [3.05, 3.63) is 12.7 Å². The second kappa shape index (κ2) is 8.12. The SMILES string of the molecule is C=CCN(CC(=O)O)C(=O)N(C)CC(=O)NC(C)C. The van der Waals surface area contributed by atoms with E-state index in [4.69, 9.17) is 5.11 Å². The van der Waals surface area contributed by atoms with Gasteiger partial charge >= 0.3 is 12.0 Å². The molecule has 0 aromatic heterocycles. The van der Waals surface area contributed by atoms with E-state index in [1.807, 2.05) is 13.8 Å². The first-order valence-electron chi connectivity index (χ1n) is 5.90. The summed E-state index contributed by atoms with van der Waals surface area (Å²) < 4.78 is 0. The molecular formula is C12H21N3O4. The highest BCUT2D eigenvalue weighted by Crippen LogP contribution is 1.98. The second-order valence-electron chi connectivity index (χ2n) is 4.42. The Labute approximate surface area is 112 Å². The van der Waals surface area contributed by atoms with Crippen LogP contribution in [0.5, 0.6) is 0 Å². The van der Waals surface area contributed by atoms with Crippen molar-refractivity contribution in [2.45, 2.75) is 19.9 Å². The number of hydrogen-bond donors (Lipinski definition) is 2. The number of nitrogens with zero attached hydrogens (tertiary/aromatic N) is 2. The Kier molecular flexibility index (Phi) is 7.25. The molecule has 7 nitrogen and oxygen atoms in total. The molecule has 0 unspecified atom stereocenters. The summed E-state index contributed by atoms with van der Waals surface area (Å²) in [6.45, 7) is 6.65. The molecular weight excluding hydrogens is 250 g/mol. The summed E-state index contributed by atoms with van der Waals surface area (Å²) in [6.07, 6.45) is 1.43. The predicted octanol–water partition coefficient (Wildman–Crippen LogP) is 0.135. The highest BCUT2D eigenvalue weighted by molar-refractivity contribution is 5.85. The number of aliphatic carboxylic acids is 1. The van der Waals surface area contributed by atoms with Gasteiger partial charge in [-0.15, -0.1) is 6.58 Å². The molecule has 0 saturated carbocycles. The number of hydrogen-bond acceptors (Lipinski definition) is 3. The molecule has 3 amide bonds. The molecule has 0 aliphatic rings. The van der Waals surface area contributed by atoms with Crippen LogP contribution in [0.25, 0.3) is 0 Å². The van der Waals surface area contributed by atoms with Crippen molar-refractivity contribution in [1.29, 1.82) is 0 Å². The Bertz CT molecular complexity index is 355. The average molecular weight is 271 g/mol. The van der Waals surface area contributed by atoms with Gasteiger partial charge < -0.3 is 20.2 Å². The third kappa shape index (κ3) is 7.07. The summed E-state index contributed by atoms with van der Waals surface area (Å²) in [6, 6.07) is -0.541. The van der Waals surface area contributed by atoms with Crippen LogP contribution in [0, 0.1) is 0 Å². The largest absolute Gasteiger partial charge is 0.480 e. The van der Waals surface area contributed by atoms with Gasteiger partial charge in [-0.2, -0.15) is 0 Å². The summed E-state index contributed by atoms with van der Waals surface area (Å²) in [5, 5.41) is 11.4. The van der Waals surface area contributed by atoms with E-state index in [0.29, 0.717) is 0 Å². The van der Waals surface area contributed by atoms with Gasteiger partial charge in [0.1, 0.15) is 13.1 Å². The lowest BCUT2D eigenvalue weighted by Gasteiger charge is -2.25. The van der Waals surface area contributed by atoms with E-state index in [9.17, 15) is 14.4 Å². The highest BCUT2D eigenvalue weighted by Gasteiger charge is 2.21. The molecule has 108 valence electrons. The molecule has 0 bridgehead atoms. The fourth-order valence-corrected chi connectivity index (χ4v) is 1.42. The van der Waals surface area contributed by atoms with Crippen LogP contribution in [0.4, 0.5) is 4.79 Å². The maximum atomic E-state index is 12.0. The molecule has 0 aromatic carbocycles. The van der Waals surface area contributed by atoms with Gasteiger partial charge in [-0.1, -0.05) is 6.08 Å². The van der Waals surface area contributed by atoms with Crippen molar-refractivity contribution in [2.75, 3.05) is 26.7 Å². The zero-order valence-corrected chi connectivity index (χ0v) is 11.5. The molecule has 0 atom stereocenters. The van der Waals surface area contributed by atoms with Gasteiger partial charge in [0.15, 0.2) is 0 Å². The number of carbonyl (C=O) groups excluding carboxylic acids is 2. The van der Waals surface area contributed by atoms with E-state index in [1.165, 1.54) is 18.0 Å². The van der Waals surface area contributed by atoms with Crippen molar-refractivity contribution in [3.8, 4) is 0 Å². The number of likely N-dealkylation sites (N-methyl/N-ethyl adjacent to an activating group) is 1. The van der Waals surface area contributed by atoms with Crippen molar-refractivity contribution >= 4 is 17.9 Å². The van der Waals surface area contributed by atoms with E-state index in [2.05, 4.69) is 11.9 Å². The highest BCUT2D eigenvalue weighted by atomic mass is 16.4. The summed E-state index contributed by atoms with van der Waals surface area (Å²) in [5.74, 6) is -1.41. The van der Waals surface area contributed by atoms with Gasteiger partial charge in [0.25, 0.3) is 0 Å². The Balaban J connectivity index is 4.53. The smallest absolute Gasteiger partial charge is 0.323 e. The van der Waals surface area contributed by atoms with Crippen molar-refractivity contribution in [2.24, 2.45) is 0 Å². The zero-order chi connectivity index (χ0) is 15.0. The zero-order valence-electron chi connectivity index (χ0n) is 11.5. The molecule has 19 heavy (non-hydrogen) atoms. The molecule has 0 heterocycles. The number of amides is 3. The Morgan fingerprint density at radius 3 is 2.32 bits per heavy atom. The minimum absolute atomic E-state index is 0.0145. The second-order valence-corrected chi connectivity index (χ2v) is 4.42. The third-order valence-electron chi connectivity index (χ3n) is 2.10. The van der Waals surface area contributed by atoms with Crippen LogP contribution in [0.3, 0.4) is 0 Å². The number of rotatable bonds is 7. The molecule has 7 heteroatoms. The quantitative estimate of drug-likeness (QED) is 0.644. The lowest BCUT2D eigenvalue weighted by molar-refractivity contribution is -0.137. The normalized spacial score (nSPS) is 9.89. The lowest BCUT2D eigenvalue weighted by Crippen LogP contribution is -2.47. The van der Waals surface area contributed by atoms with E-state index >= 15 is 0 Å². The average Bonchev–Trinajstić information content (AvgIpc) is 2.25. The van der Waals surface area contributed by atoms with Crippen molar-refractivity contribution in [1.82, 2.24) is 15.1 Å². The Morgan fingerprint density at radius 2 is 1.89 bits per heavy atom. The Morgan fingerprint density at radius 1 is 1.32 bits per heavy atom. The fraction of sp³-hybridized carbons (Fsp3) is 0.583. The molecule has 0 spiro atoms. The molecule has 0 radical (unpaired) electrons. The molecule has 2 N–H and O–H groups in total. The maximum absolute atomic E-state index is 12.0. The summed E-state index contributed by atoms with van der Waals surface area (Å²) in [4.78, 5) is 36.4. The van der Waals surface area contributed by atoms with Crippen molar-refractivity contribution < 1.29 is 19.5 Å². The number of urea groups is 1. The third-order valence-corrected chi connectivity index (χ3v) is 2.10. The topological polar surface area (TPSA) is 90.0 Å². The standard InChI is InChI=1S/C12H21N3O4/c1-5-6-15(8-11(17)18)12(19)14(4)7-10(16)13-9(2)3/h5,9H,1,6-8H2,2-4H3,(H,13,16)(H,17,18). The summed E-state index contributed by atoms with van der Waals surface area (Å²) in [7, 11) is 1.44. The summed E-state index contributed by atoms with van der Waals surface area (Å²) >= 11 is 0. The van der Waals surface area contributed by atoms with Gasteiger partial charge in [-0.3, -0.25) is 9.59 Å². The first-order chi connectivity index (χ1) is 8.77.